The van der Waals surface area contributed by atoms with Crippen molar-refractivity contribution < 1.29 is 13.2 Å². The third kappa shape index (κ3) is 3.62. The molecule has 0 radical (unpaired) electrons. The summed E-state index contributed by atoms with van der Waals surface area (Å²) in [6, 6.07) is 10.1. The molecule has 172 valence electrons. The quantitative estimate of drug-likeness (QED) is 0.504. The lowest BCUT2D eigenvalue weighted by Crippen LogP contribution is -2.42. The summed E-state index contributed by atoms with van der Waals surface area (Å²) in [7, 11) is 0. The topological polar surface area (TPSA) is 59.7 Å². The largest absolute Gasteiger partial charge is 0.416 e. The van der Waals surface area contributed by atoms with Gasteiger partial charge in [0.2, 0.25) is 0 Å². The SMILES string of the molecule is Cc1ncccc1C(c1nnnn1C1CC1)N(C1CC1)C1(c2cccc(C(F)(F)F)c2)CC1. The highest BCUT2D eigenvalue weighted by molar-refractivity contribution is 5.39. The van der Waals surface area contributed by atoms with Crippen LogP contribution in [0.25, 0.3) is 0 Å². The van der Waals surface area contributed by atoms with Gasteiger partial charge in [-0.05, 0) is 85.2 Å². The molecule has 9 heteroatoms. The first kappa shape index (κ1) is 20.8. The van der Waals surface area contributed by atoms with Crippen LogP contribution in [0.2, 0.25) is 0 Å². The number of halogens is 3. The number of benzene rings is 1. The average Bonchev–Trinajstić information content (AvgIpc) is 3.67. The molecular weight excluding hydrogens is 429 g/mol. The number of hydrogen-bond donors (Lipinski definition) is 0. The molecule has 2 aromatic heterocycles. The van der Waals surface area contributed by atoms with Gasteiger partial charge in [0.1, 0.15) is 6.04 Å². The zero-order valence-corrected chi connectivity index (χ0v) is 18.3. The fourth-order valence-electron chi connectivity index (χ4n) is 5.12. The van der Waals surface area contributed by atoms with Crippen molar-refractivity contribution >= 4 is 0 Å². The summed E-state index contributed by atoms with van der Waals surface area (Å²) in [6.07, 6.45) is 3.13. The summed E-state index contributed by atoms with van der Waals surface area (Å²) >= 11 is 0. The Morgan fingerprint density at radius 3 is 2.52 bits per heavy atom. The van der Waals surface area contributed by atoms with Gasteiger partial charge in [-0.1, -0.05) is 18.2 Å². The lowest BCUT2D eigenvalue weighted by Gasteiger charge is -2.39. The van der Waals surface area contributed by atoms with Gasteiger partial charge in [-0.25, -0.2) is 4.68 Å². The van der Waals surface area contributed by atoms with Gasteiger partial charge in [0.25, 0.3) is 0 Å². The predicted octanol–water partition coefficient (Wildman–Crippen LogP) is 4.97. The molecule has 0 spiro atoms. The molecule has 2 heterocycles. The van der Waals surface area contributed by atoms with E-state index in [1.165, 1.54) is 12.1 Å². The van der Waals surface area contributed by atoms with Gasteiger partial charge in [-0.3, -0.25) is 9.88 Å². The van der Waals surface area contributed by atoms with E-state index in [1.54, 1.807) is 6.20 Å². The Hall–Kier alpha value is -2.81. The second-order valence-corrected chi connectivity index (χ2v) is 9.54. The molecule has 0 saturated heterocycles. The molecule has 3 aromatic rings. The molecule has 3 aliphatic carbocycles. The van der Waals surface area contributed by atoms with E-state index in [0.717, 1.165) is 67.2 Å². The molecular formula is C24H25F3N6. The van der Waals surface area contributed by atoms with Gasteiger partial charge >= 0.3 is 6.18 Å². The fraction of sp³-hybridized carbons (Fsp3) is 0.500. The predicted molar refractivity (Wildman–Crippen MR) is 114 cm³/mol. The lowest BCUT2D eigenvalue weighted by molar-refractivity contribution is -0.137. The minimum absolute atomic E-state index is 0.265. The summed E-state index contributed by atoms with van der Waals surface area (Å²) < 4.78 is 42.6. The number of alkyl halides is 3. The molecule has 0 N–H and O–H groups in total. The maximum atomic E-state index is 13.5. The van der Waals surface area contributed by atoms with Crippen molar-refractivity contribution in [3.05, 3.63) is 70.8 Å². The van der Waals surface area contributed by atoms with E-state index in [0.29, 0.717) is 6.04 Å². The van der Waals surface area contributed by atoms with Crippen LogP contribution >= 0.6 is 0 Å². The Morgan fingerprint density at radius 2 is 1.88 bits per heavy atom. The first-order valence-corrected chi connectivity index (χ1v) is 11.5. The minimum atomic E-state index is -4.37. The van der Waals surface area contributed by atoms with E-state index in [9.17, 15) is 13.2 Å². The highest BCUT2D eigenvalue weighted by Gasteiger charge is 2.58. The molecule has 0 amide bonds. The van der Waals surface area contributed by atoms with Crippen molar-refractivity contribution in [3.63, 3.8) is 0 Å². The number of rotatable bonds is 7. The van der Waals surface area contributed by atoms with Crippen LogP contribution in [-0.4, -0.2) is 36.1 Å². The molecule has 1 unspecified atom stereocenters. The Balaban J connectivity index is 1.51. The fourth-order valence-corrected chi connectivity index (χ4v) is 5.12. The van der Waals surface area contributed by atoms with E-state index < -0.39 is 17.3 Å². The normalized spacial score (nSPS) is 20.8. The Bertz CT molecular complexity index is 1180. The molecule has 3 saturated carbocycles. The smallest absolute Gasteiger partial charge is 0.277 e. The van der Waals surface area contributed by atoms with Crippen LogP contribution < -0.4 is 0 Å². The van der Waals surface area contributed by atoms with Gasteiger partial charge < -0.3 is 0 Å². The molecule has 33 heavy (non-hydrogen) atoms. The standard InChI is InChI=1S/C24H25F3N6/c1-15-20(6-3-13-28-15)21(22-29-30-31-33(22)19-9-10-19)32(18-7-8-18)23(11-12-23)16-4-2-5-17(14-16)24(25,26)27/h2-6,13-14,18-19,21H,7-12H2,1H3. The van der Waals surface area contributed by atoms with Crippen LogP contribution in [0.1, 0.15) is 78.8 Å². The van der Waals surface area contributed by atoms with Gasteiger partial charge in [-0.2, -0.15) is 13.2 Å². The number of tetrazole rings is 1. The molecule has 0 bridgehead atoms. The van der Waals surface area contributed by atoms with Crippen LogP contribution in [0.3, 0.4) is 0 Å². The van der Waals surface area contributed by atoms with E-state index >= 15 is 0 Å². The summed E-state index contributed by atoms with van der Waals surface area (Å²) in [6.45, 7) is 1.97. The Morgan fingerprint density at radius 1 is 1.09 bits per heavy atom. The molecule has 3 fully saturated rings. The van der Waals surface area contributed by atoms with Gasteiger partial charge in [-0.15, -0.1) is 5.10 Å². The van der Waals surface area contributed by atoms with E-state index in [2.05, 4.69) is 31.5 Å². The Labute approximate surface area is 189 Å². The lowest BCUT2D eigenvalue weighted by atomic mass is 9.94. The highest BCUT2D eigenvalue weighted by Crippen LogP contribution is 2.59. The first-order valence-electron chi connectivity index (χ1n) is 11.5. The summed E-state index contributed by atoms with van der Waals surface area (Å²) in [5.41, 5.74) is 1.56. The average molecular weight is 455 g/mol. The van der Waals surface area contributed by atoms with Gasteiger partial charge in [0.15, 0.2) is 5.82 Å². The highest BCUT2D eigenvalue weighted by atomic mass is 19.4. The molecule has 6 rings (SSSR count). The second kappa shape index (κ2) is 7.35. The number of pyridine rings is 1. The third-order valence-electron chi connectivity index (χ3n) is 7.16. The number of aryl methyl sites for hydroxylation is 1. The summed E-state index contributed by atoms with van der Waals surface area (Å²) in [5, 5.41) is 12.8. The van der Waals surface area contributed by atoms with Crippen LogP contribution in [0.4, 0.5) is 13.2 Å². The van der Waals surface area contributed by atoms with Gasteiger partial charge in [0, 0.05) is 23.5 Å². The third-order valence-corrected chi connectivity index (χ3v) is 7.16. The number of nitrogens with zero attached hydrogens (tertiary/aromatic N) is 6. The van der Waals surface area contributed by atoms with Crippen molar-refractivity contribution in [1.82, 2.24) is 30.1 Å². The maximum absolute atomic E-state index is 13.5. The molecule has 1 atom stereocenters. The molecule has 0 aliphatic heterocycles. The van der Waals surface area contributed by atoms with Crippen molar-refractivity contribution in [1.29, 1.82) is 0 Å². The van der Waals surface area contributed by atoms with E-state index in [1.807, 2.05) is 23.7 Å². The van der Waals surface area contributed by atoms with Crippen molar-refractivity contribution in [2.75, 3.05) is 0 Å². The van der Waals surface area contributed by atoms with Crippen molar-refractivity contribution in [3.8, 4) is 0 Å². The zero-order chi connectivity index (χ0) is 22.8. The number of aromatic nitrogens is 5. The molecule has 6 nitrogen and oxygen atoms in total. The van der Waals surface area contributed by atoms with Crippen molar-refractivity contribution in [2.24, 2.45) is 0 Å². The van der Waals surface area contributed by atoms with Crippen LogP contribution in [0, 0.1) is 6.92 Å². The summed E-state index contributed by atoms with van der Waals surface area (Å²) in [4.78, 5) is 6.94. The van der Waals surface area contributed by atoms with Gasteiger partial charge in [0.05, 0.1) is 11.6 Å². The number of hydrogen-bond acceptors (Lipinski definition) is 5. The molecule has 1 aromatic carbocycles. The van der Waals surface area contributed by atoms with Crippen LogP contribution in [-0.2, 0) is 11.7 Å². The minimum Gasteiger partial charge on any atom is -0.277 e. The first-order chi connectivity index (χ1) is 15.9. The van der Waals surface area contributed by atoms with E-state index in [4.69, 9.17) is 0 Å². The summed E-state index contributed by atoms with van der Waals surface area (Å²) in [5.74, 6) is 0.763. The van der Waals surface area contributed by atoms with Crippen LogP contribution in [0.15, 0.2) is 42.6 Å². The van der Waals surface area contributed by atoms with Crippen molar-refractivity contribution in [2.45, 2.75) is 75.3 Å². The second-order valence-electron chi connectivity index (χ2n) is 9.54. The monoisotopic (exact) mass is 454 g/mol. The van der Waals surface area contributed by atoms with Crippen LogP contribution in [0.5, 0.6) is 0 Å². The Kier molecular flexibility index (Phi) is 4.62. The molecule has 3 aliphatic rings. The maximum Gasteiger partial charge on any atom is 0.416 e. The van der Waals surface area contributed by atoms with E-state index in [-0.39, 0.29) is 12.1 Å². The zero-order valence-electron chi connectivity index (χ0n) is 18.3.